The lowest BCUT2D eigenvalue weighted by Gasteiger charge is -2.29. The molecule has 0 spiro atoms. The lowest BCUT2D eigenvalue weighted by molar-refractivity contribution is -0.139. The van der Waals surface area contributed by atoms with E-state index in [1.165, 1.54) is 0 Å². The van der Waals surface area contributed by atoms with Gasteiger partial charge in [-0.2, -0.15) is 0 Å². The van der Waals surface area contributed by atoms with Gasteiger partial charge in [0.1, 0.15) is 5.75 Å². The Kier molecular flexibility index (Phi) is 5.34. The van der Waals surface area contributed by atoms with E-state index >= 15 is 0 Å². The maximum absolute atomic E-state index is 12.5. The Bertz CT molecular complexity index is 647. The quantitative estimate of drug-likeness (QED) is 0.820. The van der Waals surface area contributed by atoms with Gasteiger partial charge in [-0.1, -0.05) is 17.7 Å². The minimum Gasteiger partial charge on any atom is -0.481 e. The summed E-state index contributed by atoms with van der Waals surface area (Å²) in [6.07, 6.45) is -0.201. The van der Waals surface area contributed by atoms with E-state index in [1.54, 1.807) is 36.1 Å². The van der Waals surface area contributed by atoms with E-state index in [4.69, 9.17) is 16.3 Å². The summed E-state index contributed by atoms with van der Waals surface area (Å²) in [5.41, 5.74) is 0. The summed E-state index contributed by atoms with van der Waals surface area (Å²) in [6, 6.07) is 6.58. The molecule has 0 bridgehead atoms. The average molecular weight is 346 g/mol. The van der Waals surface area contributed by atoms with Gasteiger partial charge in [-0.05, 0) is 38.5 Å². The predicted octanol–water partition coefficient (Wildman–Crippen LogP) is 2.14. The fourth-order valence-corrected chi connectivity index (χ4v) is 4.55. The molecule has 1 aliphatic heterocycles. The molecular formula is C15H20ClNO4S. The molecule has 2 rings (SSSR count). The first-order valence-corrected chi connectivity index (χ1v) is 9.45. The highest BCUT2D eigenvalue weighted by molar-refractivity contribution is 7.91. The molecule has 1 amide bonds. The number of amides is 1. The van der Waals surface area contributed by atoms with Gasteiger partial charge in [0, 0.05) is 17.6 Å². The van der Waals surface area contributed by atoms with Crippen LogP contribution in [-0.4, -0.2) is 49.4 Å². The highest BCUT2D eigenvalue weighted by Crippen LogP contribution is 2.21. The van der Waals surface area contributed by atoms with Crippen molar-refractivity contribution in [2.75, 3.05) is 18.1 Å². The molecule has 0 N–H and O–H groups in total. The van der Waals surface area contributed by atoms with Crippen LogP contribution in [0.25, 0.3) is 0 Å². The third kappa shape index (κ3) is 4.14. The molecule has 22 heavy (non-hydrogen) atoms. The van der Waals surface area contributed by atoms with Gasteiger partial charge in [-0.15, -0.1) is 0 Å². The molecule has 0 aromatic heterocycles. The van der Waals surface area contributed by atoms with Crippen molar-refractivity contribution >= 4 is 27.3 Å². The van der Waals surface area contributed by atoms with Crippen LogP contribution in [-0.2, 0) is 14.6 Å². The molecule has 1 heterocycles. The maximum Gasteiger partial charge on any atom is 0.263 e. The van der Waals surface area contributed by atoms with Crippen molar-refractivity contribution in [1.82, 2.24) is 4.90 Å². The van der Waals surface area contributed by atoms with Crippen LogP contribution in [0, 0.1) is 0 Å². The minimum absolute atomic E-state index is 0.0382. The van der Waals surface area contributed by atoms with Gasteiger partial charge in [0.2, 0.25) is 0 Å². The molecule has 7 heteroatoms. The van der Waals surface area contributed by atoms with Gasteiger partial charge in [0.15, 0.2) is 15.9 Å². The number of ether oxygens (including phenoxy) is 1. The van der Waals surface area contributed by atoms with Crippen LogP contribution in [0.4, 0.5) is 0 Å². The van der Waals surface area contributed by atoms with Gasteiger partial charge in [0.05, 0.1) is 11.5 Å². The van der Waals surface area contributed by atoms with E-state index in [2.05, 4.69) is 0 Å². The zero-order valence-corrected chi connectivity index (χ0v) is 14.2. The van der Waals surface area contributed by atoms with Crippen LogP contribution >= 0.6 is 11.6 Å². The molecule has 2 unspecified atom stereocenters. The minimum atomic E-state index is -3.03. The van der Waals surface area contributed by atoms with Crippen molar-refractivity contribution in [3.8, 4) is 5.75 Å². The molecular weight excluding hydrogens is 326 g/mol. The number of hydrogen-bond donors (Lipinski definition) is 0. The van der Waals surface area contributed by atoms with E-state index in [0.29, 0.717) is 23.7 Å². The summed E-state index contributed by atoms with van der Waals surface area (Å²) in [6.45, 7) is 3.96. The molecule has 1 saturated heterocycles. The van der Waals surface area contributed by atoms with E-state index in [1.807, 2.05) is 6.92 Å². The second kappa shape index (κ2) is 6.87. The van der Waals surface area contributed by atoms with Gasteiger partial charge < -0.3 is 9.64 Å². The zero-order valence-electron chi connectivity index (χ0n) is 12.7. The van der Waals surface area contributed by atoms with Crippen LogP contribution in [0.5, 0.6) is 5.75 Å². The number of carbonyl (C=O) groups excluding carboxylic acids is 1. The molecule has 2 atom stereocenters. The van der Waals surface area contributed by atoms with Crippen LogP contribution in [0.15, 0.2) is 24.3 Å². The van der Waals surface area contributed by atoms with Crippen molar-refractivity contribution in [2.45, 2.75) is 32.4 Å². The Balaban J connectivity index is 2.05. The van der Waals surface area contributed by atoms with E-state index < -0.39 is 15.9 Å². The summed E-state index contributed by atoms with van der Waals surface area (Å²) in [4.78, 5) is 14.1. The number of halogens is 1. The van der Waals surface area contributed by atoms with Crippen molar-refractivity contribution in [1.29, 1.82) is 0 Å². The number of rotatable bonds is 5. The number of hydrogen-bond acceptors (Lipinski definition) is 4. The summed E-state index contributed by atoms with van der Waals surface area (Å²) >= 11 is 5.89. The Labute approximate surface area is 136 Å². The molecule has 0 radical (unpaired) electrons. The third-order valence-electron chi connectivity index (χ3n) is 3.73. The van der Waals surface area contributed by atoms with Crippen LogP contribution in [0.2, 0.25) is 5.02 Å². The van der Waals surface area contributed by atoms with E-state index in [0.717, 1.165) is 0 Å². The molecule has 1 aromatic rings. The fraction of sp³-hybridized carbons (Fsp3) is 0.533. The predicted molar refractivity (Wildman–Crippen MR) is 86.0 cm³/mol. The molecule has 1 fully saturated rings. The lowest BCUT2D eigenvalue weighted by Crippen LogP contribution is -2.46. The number of benzene rings is 1. The number of likely N-dealkylation sites (N-methyl/N-ethyl adjacent to an activating group) is 1. The maximum atomic E-state index is 12.5. The average Bonchev–Trinajstić information content (AvgIpc) is 2.79. The van der Waals surface area contributed by atoms with Crippen LogP contribution < -0.4 is 4.74 Å². The SMILES string of the molecule is CCN(C(=O)C(C)Oc1cccc(Cl)c1)C1CCS(=O)(=O)C1. The Morgan fingerprint density at radius 1 is 1.50 bits per heavy atom. The summed E-state index contributed by atoms with van der Waals surface area (Å²) < 4.78 is 28.8. The lowest BCUT2D eigenvalue weighted by atomic mass is 10.2. The highest BCUT2D eigenvalue weighted by atomic mass is 35.5. The van der Waals surface area contributed by atoms with Crippen molar-refractivity contribution < 1.29 is 17.9 Å². The number of sulfone groups is 1. The first-order valence-electron chi connectivity index (χ1n) is 7.25. The topological polar surface area (TPSA) is 63.7 Å². The largest absolute Gasteiger partial charge is 0.481 e. The van der Waals surface area contributed by atoms with Crippen molar-refractivity contribution in [3.05, 3.63) is 29.3 Å². The summed E-state index contributed by atoms with van der Waals surface area (Å²) in [5.74, 6) is 0.495. The van der Waals surface area contributed by atoms with Crippen molar-refractivity contribution in [2.24, 2.45) is 0 Å². The molecule has 0 saturated carbocycles. The summed E-state index contributed by atoms with van der Waals surface area (Å²) in [5, 5.41) is 0.534. The highest BCUT2D eigenvalue weighted by Gasteiger charge is 2.35. The monoisotopic (exact) mass is 345 g/mol. The molecule has 1 aromatic carbocycles. The molecule has 0 aliphatic carbocycles. The van der Waals surface area contributed by atoms with Gasteiger partial charge in [-0.3, -0.25) is 4.79 Å². The van der Waals surface area contributed by atoms with Crippen molar-refractivity contribution in [3.63, 3.8) is 0 Å². The Morgan fingerprint density at radius 2 is 2.23 bits per heavy atom. The van der Waals surface area contributed by atoms with E-state index in [-0.39, 0.29) is 23.5 Å². The standard InChI is InChI=1S/C15H20ClNO4S/c1-3-17(13-7-8-22(19,20)10-13)15(18)11(2)21-14-6-4-5-12(16)9-14/h4-6,9,11,13H,3,7-8,10H2,1-2H3. The van der Waals surface area contributed by atoms with Gasteiger partial charge >= 0.3 is 0 Å². The first-order chi connectivity index (χ1) is 10.3. The molecule has 1 aliphatic rings. The Hall–Kier alpha value is -1.27. The van der Waals surface area contributed by atoms with Gasteiger partial charge in [0.25, 0.3) is 5.91 Å². The first kappa shape index (κ1) is 17.1. The second-order valence-corrected chi connectivity index (χ2v) is 8.06. The third-order valence-corrected chi connectivity index (χ3v) is 5.72. The number of carbonyl (C=O) groups is 1. The smallest absolute Gasteiger partial charge is 0.263 e. The molecule has 122 valence electrons. The number of nitrogens with zero attached hydrogens (tertiary/aromatic N) is 1. The Morgan fingerprint density at radius 3 is 2.77 bits per heavy atom. The van der Waals surface area contributed by atoms with Crippen LogP contribution in [0.1, 0.15) is 20.3 Å². The normalized spacial score (nSPS) is 21.3. The van der Waals surface area contributed by atoms with Gasteiger partial charge in [-0.25, -0.2) is 8.42 Å². The fourth-order valence-electron chi connectivity index (χ4n) is 2.64. The zero-order chi connectivity index (χ0) is 16.3. The molecule has 5 nitrogen and oxygen atoms in total. The summed E-state index contributed by atoms with van der Waals surface area (Å²) in [7, 11) is -3.03. The second-order valence-electron chi connectivity index (χ2n) is 5.40. The van der Waals surface area contributed by atoms with Crippen LogP contribution in [0.3, 0.4) is 0 Å². The van der Waals surface area contributed by atoms with E-state index in [9.17, 15) is 13.2 Å².